The lowest BCUT2D eigenvalue weighted by molar-refractivity contribution is 0.174. The molecular weight excluding hydrogens is 420 g/mol. The van der Waals surface area contributed by atoms with E-state index in [1.54, 1.807) is 30.5 Å². The molecule has 1 aliphatic rings. The van der Waals surface area contributed by atoms with Crippen molar-refractivity contribution < 1.29 is 9.47 Å². The van der Waals surface area contributed by atoms with E-state index in [2.05, 4.69) is 14.7 Å². The Morgan fingerprint density at radius 2 is 1.73 bits per heavy atom. The van der Waals surface area contributed by atoms with Gasteiger partial charge in [0.25, 0.3) is 5.56 Å². The number of benzene rings is 3. The van der Waals surface area contributed by atoms with E-state index in [4.69, 9.17) is 9.47 Å². The average Bonchev–Trinajstić information content (AvgIpc) is 3.44. The first-order chi connectivity index (χ1) is 16.2. The van der Waals surface area contributed by atoms with Gasteiger partial charge in [0.1, 0.15) is 0 Å². The first kappa shape index (κ1) is 19.1. The van der Waals surface area contributed by atoms with Crippen molar-refractivity contribution in [2.75, 3.05) is 6.79 Å². The van der Waals surface area contributed by atoms with E-state index in [0.717, 1.165) is 38.2 Å². The third-order valence-electron chi connectivity index (χ3n) is 5.71. The number of hydrogen-bond acceptors (Lipinski definition) is 5. The highest BCUT2D eigenvalue weighted by molar-refractivity contribution is 5.99. The fourth-order valence-corrected chi connectivity index (χ4v) is 4.12. The van der Waals surface area contributed by atoms with Crippen LogP contribution in [0, 0.1) is 0 Å². The van der Waals surface area contributed by atoms with Gasteiger partial charge in [0.05, 0.1) is 17.1 Å². The SMILES string of the molecule is O=c1[nH]c2ccccc2c(=O)n1N=Cc1cn(Cc2ccc3c(c2)OCO3)c2ccccc12. The Bertz CT molecular complexity index is 1680. The van der Waals surface area contributed by atoms with Crippen molar-refractivity contribution in [3.63, 3.8) is 0 Å². The number of rotatable bonds is 4. The van der Waals surface area contributed by atoms with E-state index in [1.165, 1.54) is 0 Å². The fourth-order valence-electron chi connectivity index (χ4n) is 4.12. The molecule has 0 spiro atoms. The van der Waals surface area contributed by atoms with E-state index in [-0.39, 0.29) is 6.79 Å². The largest absolute Gasteiger partial charge is 0.454 e. The van der Waals surface area contributed by atoms with Gasteiger partial charge in [0.15, 0.2) is 11.5 Å². The van der Waals surface area contributed by atoms with Gasteiger partial charge in [-0.1, -0.05) is 36.4 Å². The van der Waals surface area contributed by atoms with Crippen LogP contribution in [0.5, 0.6) is 11.5 Å². The Balaban J connectivity index is 1.40. The van der Waals surface area contributed by atoms with E-state index in [9.17, 15) is 9.59 Å². The van der Waals surface area contributed by atoms with Crippen molar-refractivity contribution in [2.24, 2.45) is 5.10 Å². The van der Waals surface area contributed by atoms with Crippen LogP contribution >= 0.6 is 0 Å². The molecule has 0 radical (unpaired) electrons. The number of ether oxygens (including phenoxy) is 2. The van der Waals surface area contributed by atoms with E-state index >= 15 is 0 Å². The van der Waals surface area contributed by atoms with E-state index in [1.807, 2.05) is 48.7 Å². The molecule has 0 saturated heterocycles. The molecule has 0 unspecified atom stereocenters. The number of aromatic amines is 1. The second kappa shape index (κ2) is 7.52. The number of H-pyrrole nitrogens is 1. The standard InChI is InChI=1S/C25H18N4O4/c30-24-19-6-1-3-7-20(19)27-25(31)29(24)26-12-17-14-28(21-8-4-2-5-18(17)21)13-16-9-10-22-23(11-16)33-15-32-22/h1-12,14H,13,15H2,(H,27,31). The van der Waals surface area contributed by atoms with Crippen LogP contribution in [0.2, 0.25) is 0 Å². The van der Waals surface area contributed by atoms with Crippen LogP contribution < -0.4 is 20.7 Å². The molecule has 0 atom stereocenters. The number of para-hydroxylation sites is 2. The monoisotopic (exact) mass is 438 g/mol. The predicted molar refractivity (Wildman–Crippen MR) is 125 cm³/mol. The molecule has 6 rings (SSSR count). The quantitative estimate of drug-likeness (QED) is 0.436. The molecule has 8 nitrogen and oxygen atoms in total. The number of hydrogen-bond donors (Lipinski definition) is 1. The van der Waals surface area contributed by atoms with Gasteiger partial charge in [0, 0.05) is 29.2 Å². The summed E-state index contributed by atoms with van der Waals surface area (Å²) in [5.74, 6) is 1.48. The molecule has 8 heteroatoms. The smallest absolute Gasteiger partial charge is 0.349 e. The third kappa shape index (κ3) is 3.28. The summed E-state index contributed by atoms with van der Waals surface area (Å²) in [5.41, 5.74) is 2.31. The third-order valence-corrected chi connectivity index (χ3v) is 5.71. The number of nitrogens with zero attached hydrogens (tertiary/aromatic N) is 3. The lowest BCUT2D eigenvalue weighted by Crippen LogP contribution is -2.32. The predicted octanol–water partition coefficient (Wildman–Crippen LogP) is 3.30. The minimum absolute atomic E-state index is 0.235. The zero-order valence-electron chi connectivity index (χ0n) is 17.4. The maximum absolute atomic E-state index is 12.8. The van der Waals surface area contributed by atoms with Gasteiger partial charge in [0.2, 0.25) is 6.79 Å². The van der Waals surface area contributed by atoms with E-state index < -0.39 is 11.2 Å². The highest BCUT2D eigenvalue weighted by Crippen LogP contribution is 2.33. The highest BCUT2D eigenvalue weighted by Gasteiger charge is 2.14. The lowest BCUT2D eigenvalue weighted by Gasteiger charge is -2.06. The maximum Gasteiger partial charge on any atom is 0.349 e. The fraction of sp³-hybridized carbons (Fsp3) is 0.0800. The Hall–Kier alpha value is -4.59. The summed E-state index contributed by atoms with van der Waals surface area (Å²) in [4.78, 5) is 27.9. The Morgan fingerprint density at radius 3 is 2.64 bits per heavy atom. The Kier molecular flexibility index (Phi) is 4.36. The van der Waals surface area contributed by atoms with Gasteiger partial charge >= 0.3 is 5.69 Å². The van der Waals surface area contributed by atoms with Crippen LogP contribution in [0.3, 0.4) is 0 Å². The summed E-state index contributed by atoms with van der Waals surface area (Å²) in [6, 6.07) is 20.7. The molecule has 0 aliphatic carbocycles. The van der Waals surface area contributed by atoms with Crippen LogP contribution in [0.25, 0.3) is 21.8 Å². The summed E-state index contributed by atoms with van der Waals surface area (Å²) >= 11 is 0. The van der Waals surface area contributed by atoms with Crippen LogP contribution in [0.15, 0.2) is 87.6 Å². The van der Waals surface area contributed by atoms with Gasteiger partial charge in [-0.2, -0.15) is 5.10 Å². The molecule has 0 fully saturated rings. The van der Waals surface area contributed by atoms with Crippen LogP contribution in [0.1, 0.15) is 11.1 Å². The number of aromatic nitrogens is 3. The number of nitrogens with one attached hydrogen (secondary N) is 1. The van der Waals surface area contributed by atoms with Gasteiger partial charge in [-0.05, 0) is 35.9 Å². The first-order valence-electron chi connectivity index (χ1n) is 10.4. The zero-order valence-corrected chi connectivity index (χ0v) is 17.4. The maximum atomic E-state index is 12.8. The van der Waals surface area contributed by atoms with Crippen molar-refractivity contribution >= 4 is 28.0 Å². The molecule has 0 saturated carbocycles. The first-order valence-corrected chi connectivity index (χ1v) is 10.4. The van der Waals surface area contributed by atoms with Crippen molar-refractivity contribution in [1.82, 2.24) is 14.2 Å². The normalized spacial score (nSPS) is 12.8. The molecule has 0 amide bonds. The molecule has 33 heavy (non-hydrogen) atoms. The number of fused-ring (bicyclic) bond motifs is 3. The average molecular weight is 438 g/mol. The minimum atomic E-state index is -0.584. The summed E-state index contributed by atoms with van der Waals surface area (Å²) in [5, 5.41) is 5.60. The van der Waals surface area contributed by atoms with Crippen molar-refractivity contribution in [1.29, 1.82) is 0 Å². The van der Waals surface area contributed by atoms with Crippen LogP contribution in [-0.2, 0) is 6.54 Å². The lowest BCUT2D eigenvalue weighted by atomic mass is 10.2. The van der Waals surface area contributed by atoms with E-state index in [0.29, 0.717) is 17.4 Å². The molecule has 2 aromatic heterocycles. The Morgan fingerprint density at radius 1 is 0.939 bits per heavy atom. The topological polar surface area (TPSA) is 90.6 Å². The van der Waals surface area contributed by atoms with Crippen molar-refractivity contribution in [3.05, 3.63) is 105 Å². The van der Waals surface area contributed by atoms with Crippen molar-refractivity contribution in [2.45, 2.75) is 6.54 Å². The molecule has 1 aliphatic heterocycles. The van der Waals surface area contributed by atoms with Gasteiger partial charge in [-0.15, -0.1) is 4.68 Å². The molecule has 162 valence electrons. The summed E-state index contributed by atoms with van der Waals surface area (Å²) in [6.45, 7) is 0.848. The molecule has 0 bridgehead atoms. The summed E-state index contributed by atoms with van der Waals surface area (Å²) in [7, 11) is 0. The highest BCUT2D eigenvalue weighted by atomic mass is 16.7. The molecule has 1 N–H and O–H groups in total. The van der Waals surface area contributed by atoms with Gasteiger partial charge < -0.3 is 19.0 Å². The van der Waals surface area contributed by atoms with Gasteiger partial charge in [-0.3, -0.25) is 4.79 Å². The molecule has 3 aromatic carbocycles. The zero-order chi connectivity index (χ0) is 22.4. The molecule has 5 aromatic rings. The second-order valence-electron chi connectivity index (χ2n) is 7.75. The minimum Gasteiger partial charge on any atom is -0.454 e. The molecule has 3 heterocycles. The second-order valence-corrected chi connectivity index (χ2v) is 7.75. The van der Waals surface area contributed by atoms with Gasteiger partial charge in [-0.25, -0.2) is 4.79 Å². The van der Waals surface area contributed by atoms with Crippen molar-refractivity contribution in [3.8, 4) is 11.5 Å². The van der Waals surface area contributed by atoms with Crippen LogP contribution in [0.4, 0.5) is 0 Å². The molecular formula is C25H18N4O4. The van der Waals surface area contributed by atoms with Crippen LogP contribution in [-0.4, -0.2) is 27.2 Å². The Labute approximate surface area is 186 Å². The summed E-state index contributed by atoms with van der Waals surface area (Å²) in [6.07, 6.45) is 3.50. The summed E-state index contributed by atoms with van der Waals surface area (Å²) < 4.78 is 13.8.